The van der Waals surface area contributed by atoms with Crippen molar-refractivity contribution in [3.63, 3.8) is 0 Å². The molecule has 0 bridgehead atoms. The van der Waals surface area contributed by atoms with Crippen molar-refractivity contribution in [3.8, 4) is 5.75 Å². The van der Waals surface area contributed by atoms with Crippen molar-refractivity contribution in [1.29, 1.82) is 0 Å². The number of ether oxygens (including phenoxy) is 1. The minimum Gasteiger partial charge on any atom is -0.479 e. The highest BCUT2D eigenvalue weighted by molar-refractivity contribution is 6.02. The molecule has 140 valence electrons. The zero-order chi connectivity index (χ0) is 18.8. The number of rotatable bonds is 3. The summed E-state index contributed by atoms with van der Waals surface area (Å²) in [5.41, 5.74) is 1.13. The molecule has 2 aliphatic heterocycles. The fourth-order valence-electron chi connectivity index (χ4n) is 3.36. The SMILES string of the molecule is CCCC(=O)N1CCN(C(=O)c2ccc3c(c2)N(C)C(=O)C(C)O3)CC1. The molecule has 1 fully saturated rings. The molecule has 0 N–H and O–H groups in total. The van der Waals surface area contributed by atoms with Crippen LogP contribution in [0.5, 0.6) is 5.75 Å². The largest absolute Gasteiger partial charge is 0.479 e. The fourth-order valence-corrected chi connectivity index (χ4v) is 3.36. The molecular weight excluding hydrogens is 334 g/mol. The monoisotopic (exact) mass is 359 g/mol. The molecule has 3 amide bonds. The van der Waals surface area contributed by atoms with Gasteiger partial charge in [0.05, 0.1) is 5.69 Å². The standard InChI is InChI=1S/C19H25N3O4/c1-4-5-17(23)21-8-10-22(11-9-21)19(25)14-6-7-16-15(12-14)20(3)18(24)13(2)26-16/h6-7,12-13H,4-5,8-11H2,1-3H3. The fraction of sp³-hybridized carbons (Fsp3) is 0.526. The number of anilines is 1. The number of amides is 3. The van der Waals surface area contributed by atoms with Crippen LogP contribution >= 0.6 is 0 Å². The molecule has 7 heteroatoms. The normalized spacial score (nSPS) is 19.9. The Morgan fingerprint density at radius 3 is 2.46 bits per heavy atom. The Bertz CT molecular complexity index is 725. The highest BCUT2D eigenvalue weighted by Crippen LogP contribution is 2.34. The Kier molecular flexibility index (Phi) is 5.15. The molecule has 7 nitrogen and oxygen atoms in total. The maximum absolute atomic E-state index is 12.8. The van der Waals surface area contributed by atoms with Gasteiger partial charge in [-0.3, -0.25) is 14.4 Å². The van der Waals surface area contributed by atoms with Gasteiger partial charge in [0.2, 0.25) is 5.91 Å². The number of hydrogen-bond acceptors (Lipinski definition) is 4. The van der Waals surface area contributed by atoms with Crippen LogP contribution < -0.4 is 9.64 Å². The summed E-state index contributed by atoms with van der Waals surface area (Å²) in [6, 6.07) is 5.17. The van der Waals surface area contributed by atoms with Crippen LogP contribution in [0.1, 0.15) is 37.0 Å². The van der Waals surface area contributed by atoms with Crippen LogP contribution in [0.3, 0.4) is 0 Å². The molecule has 1 aromatic carbocycles. The Morgan fingerprint density at radius 2 is 1.81 bits per heavy atom. The lowest BCUT2D eigenvalue weighted by molar-refractivity contribution is -0.132. The average molecular weight is 359 g/mol. The Morgan fingerprint density at radius 1 is 1.15 bits per heavy atom. The van der Waals surface area contributed by atoms with Crippen molar-refractivity contribution < 1.29 is 19.1 Å². The van der Waals surface area contributed by atoms with Crippen molar-refractivity contribution in [2.45, 2.75) is 32.8 Å². The molecule has 0 radical (unpaired) electrons. The second kappa shape index (κ2) is 7.35. The van der Waals surface area contributed by atoms with Gasteiger partial charge in [0.15, 0.2) is 6.10 Å². The average Bonchev–Trinajstić information content (AvgIpc) is 2.66. The second-order valence-corrected chi connectivity index (χ2v) is 6.76. The molecule has 1 atom stereocenters. The molecule has 1 saturated heterocycles. The summed E-state index contributed by atoms with van der Waals surface area (Å²) >= 11 is 0. The Labute approximate surface area is 153 Å². The van der Waals surface area contributed by atoms with E-state index in [1.807, 2.05) is 11.8 Å². The van der Waals surface area contributed by atoms with Crippen molar-refractivity contribution >= 4 is 23.4 Å². The molecule has 0 spiro atoms. The summed E-state index contributed by atoms with van der Waals surface area (Å²) in [5, 5.41) is 0. The lowest BCUT2D eigenvalue weighted by atomic mass is 10.1. The molecule has 0 saturated carbocycles. The van der Waals surface area contributed by atoms with Gasteiger partial charge in [-0.25, -0.2) is 0 Å². The van der Waals surface area contributed by atoms with Gasteiger partial charge in [0, 0.05) is 45.2 Å². The summed E-state index contributed by atoms with van der Waals surface area (Å²) in [6.07, 6.45) is 0.861. The van der Waals surface area contributed by atoms with E-state index in [9.17, 15) is 14.4 Å². The summed E-state index contributed by atoms with van der Waals surface area (Å²) < 4.78 is 5.60. The molecule has 26 heavy (non-hydrogen) atoms. The topological polar surface area (TPSA) is 70.2 Å². The third-order valence-electron chi connectivity index (χ3n) is 4.93. The number of nitrogens with zero attached hydrogens (tertiary/aromatic N) is 3. The highest BCUT2D eigenvalue weighted by Gasteiger charge is 2.30. The van der Waals surface area contributed by atoms with Crippen molar-refractivity contribution in [2.75, 3.05) is 38.1 Å². The summed E-state index contributed by atoms with van der Waals surface area (Å²) in [6.45, 7) is 5.87. The van der Waals surface area contributed by atoms with Gasteiger partial charge >= 0.3 is 0 Å². The van der Waals surface area contributed by atoms with Gasteiger partial charge in [-0.1, -0.05) is 6.92 Å². The molecule has 3 rings (SSSR count). The highest BCUT2D eigenvalue weighted by atomic mass is 16.5. The minimum atomic E-state index is -0.525. The first kappa shape index (κ1) is 18.2. The van der Waals surface area contributed by atoms with E-state index < -0.39 is 6.10 Å². The van der Waals surface area contributed by atoms with Crippen LogP contribution in [-0.2, 0) is 9.59 Å². The second-order valence-electron chi connectivity index (χ2n) is 6.76. The van der Waals surface area contributed by atoms with Crippen molar-refractivity contribution in [2.24, 2.45) is 0 Å². The zero-order valence-corrected chi connectivity index (χ0v) is 15.5. The van der Waals surface area contributed by atoms with Gasteiger partial charge in [-0.05, 0) is 31.5 Å². The smallest absolute Gasteiger partial charge is 0.267 e. The number of piperazine rings is 1. The summed E-state index contributed by atoms with van der Waals surface area (Å²) in [7, 11) is 1.69. The first-order valence-electron chi connectivity index (χ1n) is 9.07. The predicted molar refractivity (Wildman–Crippen MR) is 97.3 cm³/mol. The van der Waals surface area contributed by atoms with E-state index in [4.69, 9.17) is 4.74 Å². The molecular formula is C19H25N3O4. The van der Waals surface area contributed by atoms with E-state index in [0.29, 0.717) is 49.6 Å². The molecule has 1 unspecified atom stereocenters. The maximum atomic E-state index is 12.8. The molecule has 2 heterocycles. The number of fused-ring (bicyclic) bond motifs is 1. The molecule has 1 aromatic rings. The number of benzene rings is 1. The maximum Gasteiger partial charge on any atom is 0.267 e. The summed E-state index contributed by atoms with van der Waals surface area (Å²) in [4.78, 5) is 42.0. The van der Waals surface area contributed by atoms with Gasteiger partial charge in [0.25, 0.3) is 11.8 Å². The Balaban J connectivity index is 1.70. The van der Waals surface area contributed by atoms with Crippen LogP contribution in [-0.4, -0.2) is 66.9 Å². The number of carbonyl (C=O) groups is 3. The number of carbonyl (C=O) groups excluding carboxylic acids is 3. The quantitative estimate of drug-likeness (QED) is 0.820. The third-order valence-corrected chi connectivity index (χ3v) is 4.93. The minimum absolute atomic E-state index is 0.0881. The van der Waals surface area contributed by atoms with E-state index >= 15 is 0 Å². The van der Waals surface area contributed by atoms with Crippen LogP contribution in [0.4, 0.5) is 5.69 Å². The van der Waals surface area contributed by atoms with Crippen LogP contribution in [0.25, 0.3) is 0 Å². The number of likely N-dealkylation sites (N-methyl/N-ethyl adjacent to an activating group) is 1. The zero-order valence-electron chi connectivity index (χ0n) is 15.5. The molecule has 0 aromatic heterocycles. The van der Waals surface area contributed by atoms with Crippen molar-refractivity contribution in [3.05, 3.63) is 23.8 Å². The van der Waals surface area contributed by atoms with Gasteiger partial charge in [-0.2, -0.15) is 0 Å². The summed E-state index contributed by atoms with van der Waals surface area (Å²) in [5.74, 6) is 0.533. The Hall–Kier alpha value is -2.57. The molecule has 0 aliphatic carbocycles. The predicted octanol–water partition coefficient (Wildman–Crippen LogP) is 1.51. The van der Waals surface area contributed by atoms with Crippen LogP contribution in [0.15, 0.2) is 18.2 Å². The van der Waals surface area contributed by atoms with E-state index in [0.717, 1.165) is 6.42 Å². The van der Waals surface area contributed by atoms with E-state index in [1.165, 1.54) is 4.90 Å². The lowest BCUT2D eigenvalue weighted by Gasteiger charge is -2.35. The third kappa shape index (κ3) is 3.38. The van der Waals surface area contributed by atoms with E-state index in [1.54, 1.807) is 37.1 Å². The first-order chi connectivity index (χ1) is 12.4. The van der Waals surface area contributed by atoms with Crippen LogP contribution in [0.2, 0.25) is 0 Å². The van der Waals surface area contributed by atoms with Crippen molar-refractivity contribution in [1.82, 2.24) is 9.80 Å². The van der Waals surface area contributed by atoms with Gasteiger partial charge in [0.1, 0.15) is 5.75 Å². The van der Waals surface area contributed by atoms with Gasteiger partial charge in [-0.15, -0.1) is 0 Å². The first-order valence-corrected chi connectivity index (χ1v) is 9.07. The lowest BCUT2D eigenvalue weighted by Crippen LogP contribution is -2.50. The number of hydrogen-bond donors (Lipinski definition) is 0. The molecule has 2 aliphatic rings. The van der Waals surface area contributed by atoms with Gasteiger partial charge < -0.3 is 19.4 Å². The van der Waals surface area contributed by atoms with Crippen LogP contribution in [0, 0.1) is 0 Å². The van der Waals surface area contributed by atoms with E-state index in [-0.39, 0.29) is 17.7 Å². The van der Waals surface area contributed by atoms with E-state index in [2.05, 4.69) is 0 Å².